The van der Waals surface area contributed by atoms with Crippen molar-refractivity contribution in [1.29, 1.82) is 0 Å². The molecule has 3 N–H and O–H groups in total. The van der Waals surface area contributed by atoms with Gasteiger partial charge in [0.2, 0.25) is 0 Å². The Labute approximate surface area is 101 Å². The molecule has 2 saturated heterocycles. The van der Waals surface area contributed by atoms with Crippen LogP contribution in [0.1, 0.15) is 12.8 Å². The summed E-state index contributed by atoms with van der Waals surface area (Å²) < 4.78 is 28.0. The molecule has 17 heavy (non-hydrogen) atoms. The van der Waals surface area contributed by atoms with Gasteiger partial charge in [-0.15, -0.1) is 0 Å². The minimum atomic E-state index is -3.16. The number of sulfone groups is 1. The first kappa shape index (κ1) is 13.2. The molecule has 0 aromatic heterocycles. The first-order valence-corrected chi connectivity index (χ1v) is 7.63. The summed E-state index contributed by atoms with van der Waals surface area (Å²) in [5, 5.41) is 22.3. The Morgan fingerprint density at radius 1 is 1.29 bits per heavy atom. The molecular weight excluding hydrogens is 246 g/mol. The van der Waals surface area contributed by atoms with Crippen molar-refractivity contribution in [3.8, 4) is 0 Å². The van der Waals surface area contributed by atoms with Gasteiger partial charge in [0.05, 0.1) is 24.2 Å². The van der Waals surface area contributed by atoms with Crippen molar-refractivity contribution in [1.82, 2.24) is 5.32 Å². The summed E-state index contributed by atoms with van der Waals surface area (Å²) in [6.07, 6.45) is 0.380. The maximum atomic E-state index is 11.4. The monoisotopic (exact) mass is 265 g/mol. The van der Waals surface area contributed by atoms with Crippen LogP contribution >= 0.6 is 0 Å². The fraction of sp³-hybridized carbons (Fsp3) is 1.00. The highest BCUT2D eigenvalue weighted by Crippen LogP contribution is 2.23. The average Bonchev–Trinajstić information content (AvgIpc) is 2.53. The van der Waals surface area contributed by atoms with E-state index in [-0.39, 0.29) is 18.1 Å². The molecule has 2 atom stereocenters. The number of aliphatic hydroxyl groups excluding tert-OH is 2. The third-order valence-electron chi connectivity index (χ3n) is 3.57. The highest BCUT2D eigenvalue weighted by molar-refractivity contribution is 7.91. The Morgan fingerprint density at radius 2 is 1.94 bits per heavy atom. The molecule has 0 amide bonds. The van der Waals surface area contributed by atoms with Crippen LogP contribution in [0.3, 0.4) is 0 Å². The molecule has 2 aliphatic rings. The van der Waals surface area contributed by atoms with E-state index >= 15 is 0 Å². The Kier molecular flexibility index (Phi) is 3.74. The number of rotatable bonds is 3. The predicted octanol–water partition coefficient (Wildman–Crippen LogP) is -1.72. The van der Waals surface area contributed by atoms with E-state index in [1.165, 1.54) is 0 Å². The molecule has 2 heterocycles. The molecule has 0 saturated carbocycles. The van der Waals surface area contributed by atoms with Crippen molar-refractivity contribution in [2.75, 3.05) is 31.3 Å². The molecular formula is C10H19NO5S. The van der Waals surface area contributed by atoms with Gasteiger partial charge in [-0.1, -0.05) is 0 Å². The molecule has 0 aromatic carbocycles. The van der Waals surface area contributed by atoms with Gasteiger partial charge < -0.3 is 20.3 Å². The molecule has 0 spiro atoms. The zero-order valence-electron chi connectivity index (χ0n) is 9.63. The van der Waals surface area contributed by atoms with Crippen LogP contribution in [-0.4, -0.2) is 67.6 Å². The summed E-state index contributed by atoms with van der Waals surface area (Å²) in [6, 6.07) is -0.481. The van der Waals surface area contributed by atoms with Gasteiger partial charge in [0.25, 0.3) is 0 Å². The lowest BCUT2D eigenvalue weighted by Gasteiger charge is -2.39. The predicted molar refractivity (Wildman–Crippen MR) is 61.5 cm³/mol. The molecule has 2 rings (SSSR count). The first-order valence-electron chi connectivity index (χ1n) is 5.81. The van der Waals surface area contributed by atoms with Gasteiger partial charge in [-0.25, -0.2) is 8.42 Å². The highest BCUT2D eigenvalue weighted by atomic mass is 32.2. The Bertz CT molecular complexity index is 363. The van der Waals surface area contributed by atoms with Crippen LogP contribution in [-0.2, 0) is 14.6 Å². The zero-order chi connectivity index (χ0) is 12.5. The van der Waals surface area contributed by atoms with Crippen molar-refractivity contribution in [2.24, 2.45) is 0 Å². The van der Waals surface area contributed by atoms with Gasteiger partial charge in [-0.2, -0.15) is 0 Å². The van der Waals surface area contributed by atoms with E-state index in [0.29, 0.717) is 26.1 Å². The summed E-state index contributed by atoms with van der Waals surface area (Å²) in [5.74, 6) is -0.251. The summed E-state index contributed by atoms with van der Waals surface area (Å²) >= 11 is 0. The average molecular weight is 265 g/mol. The smallest absolute Gasteiger partial charge is 0.154 e. The van der Waals surface area contributed by atoms with Crippen LogP contribution < -0.4 is 5.32 Å². The van der Waals surface area contributed by atoms with Gasteiger partial charge in [-0.3, -0.25) is 0 Å². The number of ether oxygens (including phenoxy) is 1. The van der Waals surface area contributed by atoms with Gasteiger partial charge in [0, 0.05) is 24.8 Å². The van der Waals surface area contributed by atoms with Gasteiger partial charge in [0.15, 0.2) is 9.84 Å². The normalized spacial score (nSPS) is 35.9. The van der Waals surface area contributed by atoms with Crippen molar-refractivity contribution < 1.29 is 23.4 Å². The standard InChI is InChI=1S/C10H19NO5S/c12-7-10(1-3-16-4-2-10)11-8-5-17(14,15)6-9(8)13/h8-9,11-13H,1-7H2. The third kappa shape index (κ3) is 2.97. The van der Waals surface area contributed by atoms with Crippen LogP contribution in [0.2, 0.25) is 0 Å². The maximum Gasteiger partial charge on any atom is 0.154 e. The fourth-order valence-corrected chi connectivity index (χ4v) is 4.21. The maximum absolute atomic E-state index is 11.4. The molecule has 2 fully saturated rings. The summed E-state index contributed by atoms with van der Waals surface area (Å²) in [7, 11) is -3.16. The molecule has 0 bridgehead atoms. The van der Waals surface area contributed by atoms with Crippen LogP contribution in [0.5, 0.6) is 0 Å². The highest BCUT2D eigenvalue weighted by Gasteiger charge is 2.42. The zero-order valence-corrected chi connectivity index (χ0v) is 10.4. The summed E-state index contributed by atoms with van der Waals surface area (Å²) in [5.41, 5.74) is -0.510. The van der Waals surface area contributed by atoms with E-state index < -0.39 is 27.5 Å². The van der Waals surface area contributed by atoms with Crippen molar-refractivity contribution in [2.45, 2.75) is 30.5 Å². The minimum absolute atomic E-state index is 0.0588. The number of aliphatic hydroxyl groups is 2. The van der Waals surface area contributed by atoms with Crippen molar-refractivity contribution in [3.63, 3.8) is 0 Å². The van der Waals surface area contributed by atoms with Crippen LogP contribution in [0.4, 0.5) is 0 Å². The lowest BCUT2D eigenvalue weighted by atomic mass is 9.89. The Hall–Kier alpha value is -0.210. The molecule has 6 nitrogen and oxygen atoms in total. The minimum Gasteiger partial charge on any atom is -0.394 e. The molecule has 0 aliphatic carbocycles. The van der Waals surface area contributed by atoms with Crippen LogP contribution in [0, 0.1) is 0 Å². The Balaban J connectivity index is 2.04. The summed E-state index contributed by atoms with van der Waals surface area (Å²) in [6.45, 7) is 1.02. The van der Waals surface area contributed by atoms with E-state index in [9.17, 15) is 18.6 Å². The molecule has 0 radical (unpaired) electrons. The second-order valence-electron chi connectivity index (χ2n) is 4.95. The van der Waals surface area contributed by atoms with E-state index in [1.807, 2.05) is 0 Å². The SMILES string of the molecule is O=S1(=O)CC(O)C(NC2(CO)CCOCC2)C1. The van der Waals surface area contributed by atoms with E-state index in [0.717, 1.165) is 0 Å². The van der Waals surface area contributed by atoms with Crippen molar-refractivity contribution >= 4 is 9.84 Å². The molecule has 2 unspecified atom stereocenters. The molecule has 7 heteroatoms. The summed E-state index contributed by atoms with van der Waals surface area (Å²) in [4.78, 5) is 0. The van der Waals surface area contributed by atoms with E-state index in [1.54, 1.807) is 0 Å². The van der Waals surface area contributed by atoms with E-state index in [2.05, 4.69) is 5.32 Å². The topological polar surface area (TPSA) is 95.9 Å². The van der Waals surface area contributed by atoms with Gasteiger partial charge in [-0.05, 0) is 12.8 Å². The largest absolute Gasteiger partial charge is 0.394 e. The number of hydrogen-bond donors (Lipinski definition) is 3. The van der Waals surface area contributed by atoms with Gasteiger partial charge >= 0.3 is 0 Å². The lowest BCUT2D eigenvalue weighted by Crippen LogP contribution is -2.58. The fourth-order valence-electron chi connectivity index (χ4n) is 2.47. The van der Waals surface area contributed by atoms with Crippen molar-refractivity contribution in [3.05, 3.63) is 0 Å². The van der Waals surface area contributed by atoms with Crippen LogP contribution in [0.15, 0.2) is 0 Å². The molecule has 0 aromatic rings. The third-order valence-corrected chi connectivity index (χ3v) is 5.28. The quantitative estimate of drug-likeness (QED) is 0.561. The second-order valence-corrected chi connectivity index (χ2v) is 7.10. The second kappa shape index (κ2) is 4.81. The van der Waals surface area contributed by atoms with Crippen LogP contribution in [0.25, 0.3) is 0 Å². The Morgan fingerprint density at radius 3 is 2.41 bits per heavy atom. The lowest BCUT2D eigenvalue weighted by molar-refractivity contribution is 0.0000284. The molecule has 100 valence electrons. The van der Waals surface area contributed by atoms with E-state index in [4.69, 9.17) is 4.74 Å². The van der Waals surface area contributed by atoms with Gasteiger partial charge in [0.1, 0.15) is 0 Å². The first-order chi connectivity index (χ1) is 7.96. The molecule has 2 aliphatic heterocycles. The number of nitrogens with one attached hydrogen (secondary N) is 1. The number of hydrogen-bond acceptors (Lipinski definition) is 6.